The first-order valence-corrected chi connectivity index (χ1v) is 6.28. The van der Waals surface area contributed by atoms with Crippen molar-refractivity contribution in [2.75, 3.05) is 13.1 Å². The Labute approximate surface area is 92.2 Å². The zero-order valence-corrected chi connectivity index (χ0v) is 9.83. The maximum atomic E-state index is 12.1. The second-order valence-corrected chi connectivity index (χ2v) is 4.91. The number of hydrogen-bond donors (Lipinski definition) is 1. The van der Waals surface area contributed by atoms with Crippen molar-refractivity contribution in [2.24, 2.45) is 5.92 Å². The van der Waals surface area contributed by atoms with Gasteiger partial charge >= 0.3 is 0 Å². The van der Waals surface area contributed by atoms with Crippen molar-refractivity contribution < 1.29 is 4.79 Å². The van der Waals surface area contributed by atoms with Crippen molar-refractivity contribution in [1.29, 1.82) is 0 Å². The molecule has 86 valence electrons. The van der Waals surface area contributed by atoms with E-state index in [-0.39, 0.29) is 6.04 Å². The van der Waals surface area contributed by atoms with Gasteiger partial charge in [-0.1, -0.05) is 20.3 Å². The first-order chi connectivity index (χ1) is 7.24. The van der Waals surface area contributed by atoms with Gasteiger partial charge in [0.1, 0.15) is 0 Å². The zero-order chi connectivity index (χ0) is 10.8. The summed E-state index contributed by atoms with van der Waals surface area (Å²) in [5.41, 5.74) is 0. The first kappa shape index (κ1) is 10.9. The van der Waals surface area contributed by atoms with Crippen molar-refractivity contribution in [3.63, 3.8) is 0 Å². The van der Waals surface area contributed by atoms with Gasteiger partial charge in [0.15, 0.2) is 0 Å². The molecule has 1 saturated heterocycles. The second kappa shape index (κ2) is 4.52. The number of hydrogen-bond acceptors (Lipinski definition) is 2. The van der Waals surface area contributed by atoms with Crippen molar-refractivity contribution in [1.82, 2.24) is 10.2 Å². The van der Waals surface area contributed by atoms with E-state index in [1.54, 1.807) is 0 Å². The van der Waals surface area contributed by atoms with Crippen molar-refractivity contribution >= 4 is 5.91 Å². The Hall–Kier alpha value is -0.570. The number of likely N-dealkylation sites (N-methyl/N-ethyl adjacent to an activating group) is 1. The van der Waals surface area contributed by atoms with Crippen LogP contribution in [0.4, 0.5) is 0 Å². The lowest BCUT2D eigenvalue weighted by atomic mass is 10.1. The van der Waals surface area contributed by atoms with Crippen LogP contribution in [0.3, 0.4) is 0 Å². The van der Waals surface area contributed by atoms with Gasteiger partial charge in [-0.3, -0.25) is 4.79 Å². The van der Waals surface area contributed by atoms with Gasteiger partial charge in [0, 0.05) is 12.6 Å². The highest BCUT2D eigenvalue weighted by Gasteiger charge is 2.38. The molecule has 0 aromatic heterocycles. The minimum atomic E-state index is 0.0998. The molecule has 0 aromatic rings. The van der Waals surface area contributed by atoms with Crippen LogP contribution in [-0.2, 0) is 4.79 Å². The van der Waals surface area contributed by atoms with E-state index in [1.807, 2.05) is 0 Å². The van der Waals surface area contributed by atoms with E-state index in [2.05, 4.69) is 24.1 Å². The first-order valence-electron chi connectivity index (χ1n) is 6.28. The van der Waals surface area contributed by atoms with Crippen LogP contribution in [0.5, 0.6) is 0 Å². The van der Waals surface area contributed by atoms with Gasteiger partial charge in [-0.2, -0.15) is 0 Å². The molecule has 0 spiro atoms. The Morgan fingerprint density at radius 2 is 2.20 bits per heavy atom. The molecule has 15 heavy (non-hydrogen) atoms. The molecule has 3 nitrogen and oxygen atoms in total. The molecule has 1 N–H and O–H groups in total. The van der Waals surface area contributed by atoms with E-state index in [0.717, 1.165) is 19.5 Å². The van der Waals surface area contributed by atoms with Crippen LogP contribution >= 0.6 is 0 Å². The fraction of sp³-hybridized carbons (Fsp3) is 0.917. The molecule has 2 rings (SSSR count). The minimum absolute atomic E-state index is 0.0998. The number of rotatable bonds is 3. The molecule has 1 aliphatic heterocycles. The smallest absolute Gasteiger partial charge is 0.240 e. The molecule has 2 aliphatic rings. The zero-order valence-electron chi connectivity index (χ0n) is 9.83. The standard InChI is InChI=1S/C12H22N2O/c1-3-13-10-7-8-14(12(10)15)11-6-4-5-9(11)2/h9-11,13H,3-8H2,1-2H3. The summed E-state index contributed by atoms with van der Waals surface area (Å²) in [6.45, 7) is 6.20. The molecule has 3 unspecified atom stereocenters. The van der Waals surface area contributed by atoms with E-state index < -0.39 is 0 Å². The molecule has 1 aliphatic carbocycles. The molecular weight excluding hydrogens is 188 g/mol. The van der Waals surface area contributed by atoms with E-state index in [4.69, 9.17) is 0 Å². The van der Waals surface area contributed by atoms with Crippen LogP contribution in [0, 0.1) is 5.92 Å². The van der Waals surface area contributed by atoms with E-state index >= 15 is 0 Å². The van der Waals surface area contributed by atoms with Gasteiger partial charge in [0.2, 0.25) is 5.91 Å². The second-order valence-electron chi connectivity index (χ2n) is 4.91. The summed E-state index contributed by atoms with van der Waals surface area (Å²) in [5.74, 6) is 1.05. The average Bonchev–Trinajstić information content (AvgIpc) is 2.76. The van der Waals surface area contributed by atoms with Crippen LogP contribution in [0.2, 0.25) is 0 Å². The maximum absolute atomic E-state index is 12.1. The Balaban J connectivity index is 1.97. The Bertz CT molecular complexity index is 242. The number of nitrogens with one attached hydrogen (secondary N) is 1. The highest BCUT2D eigenvalue weighted by atomic mass is 16.2. The van der Waals surface area contributed by atoms with Crippen LogP contribution < -0.4 is 5.32 Å². The number of carbonyl (C=O) groups excluding carboxylic acids is 1. The molecular formula is C12H22N2O. The molecule has 0 bridgehead atoms. The third-order valence-electron chi connectivity index (χ3n) is 3.91. The predicted molar refractivity (Wildman–Crippen MR) is 60.6 cm³/mol. The highest BCUT2D eigenvalue weighted by molar-refractivity contribution is 5.84. The lowest BCUT2D eigenvalue weighted by Crippen LogP contribution is -2.43. The number of likely N-dealkylation sites (tertiary alicyclic amines) is 1. The predicted octanol–water partition coefficient (Wildman–Crippen LogP) is 1.39. The molecule has 1 saturated carbocycles. The van der Waals surface area contributed by atoms with E-state index in [0.29, 0.717) is 17.9 Å². The molecule has 1 amide bonds. The minimum Gasteiger partial charge on any atom is -0.338 e. The largest absolute Gasteiger partial charge is 0.338 e. The van der Waals surface area contributed by atoms with Gasteiger partial charge in [-0.25, -0.2) is 0 Å². The summed E-state index contributed by atoms with van der Waals surface area (Å²) in [6.07, 6.45) is 4.80. The SMILES string of the molecule is CCNC1CCN(C2CCCC2C)C1=O. The fourth-order valence-corrected chi connectivity index (χ4v) is 3.06. The number of nitrogens with zero attached hydrogens (tertiary/aromatic N) is 1. The molecule has 1 heterocycles. The lowest BCUT2D eigenvalue weighted by Gasteiger charge is -2.28. The number of amides is 1. The average molecular weight is 210 g/mol. The quantitative estimate of drug-likeness (QED) is 0.763. The fourth-order valence-electron chi connectivity index (χ4n) is 3.06. The van der Waals surface area contributed by atoms with Crippen LogP contribution in [0.1, 0.15) is 39.5 Å². The summed E-state index contributed by atoms with van der Waals surface area (Å²) in [4.78, 5) is 14.2. The summed E-state index contributed by atoms with van der Waals surface area (Å²) in [7, 11) is 0. The topological polar surface area (TPSA) is 32.3 Å². The summed E-state index contributed by atoms with van der Waals surface area (Å²) in [6, 6.07) is 0.629. The Morgan fingerprint density at radius 3 is 2.80 bits per heavy atom. The molecule has 3 heteroatoms. The Kier molecular flexibility index (Phi) is 3.29. The highest BCUT2D eigenvalue weighted by Crippen LogP contribution is 2.31. The Morgan fingerprint density at radius 1 is 1.40 bits per heavy atom. The van der Waals surface area contributed by atoms with Crippen molar-refractivity contribution in [3.05, 3.63) is 0 Å². The van der Waals surface area contributed by atoms with E-state index in [9.17, 15) is 4.79 Å². The monoisotopic (exact) mass is 210 g/mol. The number of carbonyl (C=O) groups is 1. The molecule has 2 fully saturated rings. The normalized spacial score (nSPS) is 36.5. The lowest BCUT2D eigenvalue weighted by molar-refractivity contribution is -0.131. The van der Waals surface area contributed by atoms with Gasteiger partial charge in [-0.05, 0) is 31.7 Å². The third-order valence-corrected chi connectivity index (χ3v) is 3.91. The van der Waals surface area contributed by atoms with Gasteiger partial charge < -0.3 is 10.2 Å². The maximum Gasteiger partial charge on any atom is 0.240 e. The third kappa shape index (κ3) is 2.03. The van der Waals surface area contributed by atoms with Crippen molar-refractivity contribution in [2.45, 2.75) is 51.6 Å². The van der Waals surface area contributed by atoms with E-state index in [1.165, 1.54) is 19.3 Å². The molecule has 0 aromatic carbocycles. The summed E-state index contributed by atoms with van der Waals surface area (Å²) >= 11 is 0. The summed E-state index contributed by atoms with van der Waals surface area (Å²) in [5, 5.41) is 3.27. The molecule has 3 atom stereocenters. The van der Waals surface area contributed by atoms with Gasteiger partial charge in [0.25, 0.3) is 0 Å². The van der Waals surface area contributed by atoms with Gasteiger partial charge in [-0.15, -0.1) is 0 Å². The van der Waals surface area contributed by atoms with Crippen molar-refractivity contribution in [3.8, 4) is 0 Å². The van der Waals surface area contributed by atoms with Crippen LogP contribution in [0.25, 0.3) is 0 Å². The van der Waals surface area contributed by atoms with Crippen LogP contribution in [0.15, 0.2) is 0 Å². The van der Waals surface area contributed by atoms with Crippen LogP contribution in [-0.4, -0.2) is 36.0 Å². The molecule has 0 radical (unpaired) electrons. The summed E-state index contributed by atoms with van der Waals surface area (Å²) < 4.78 is 0. The van der Waals surface area contributed by atoms with Gasteiger partial charge in [0.05, 0.1) is 6.04 Å².